The molecule has 0 spiro atoms. The Morgan fingerprint density at radius 2 is 2.35 bits per heavy atom. The van der Waals surface area contributed by atoms with Gasteiger partial charge >= 0.3 is 0 Å². The number of anilines is 1. The Kier molecular flexibility index (Phi) is 3.74. The minimum atomic E-state index is -0.244. The fourth-order valence-corrected chi connectivity index (χ4v) is 3.30. The summed E-state index contributed by atoms with van der Waals surface area (Å²) < 4.78 is 6.44. The van der Waals surface area contributed by atoms with Crippen LogP contribution in [0.3, 0.4) is 0 Å². The van der Waals surface area contributed by atoms with Crippen LogP contribution in [-0.2, 0) is 6.54 Å². The SMILES string of the molecule is NCc1ccc(-n2[nH]cc(N3C=CN=IC3)c2=O)nc1. The zero-order valence-electron chi connectivity index (χ0n) is 10.5. The lowest BCUT2D eigenvalue weighted by Crippen LogP contribution is -2.24. The number of pyridine rings is 1. The summed E-state index contributed by atoms with van der Waals surface area (Å²) in [6.07, 6.45) is 6.94. The monoisotopic (exact) mass is 384 g/mol. The van der Waals surface area contributed by atoms with Gasteiger partial charge in [-0.1, -0.05) is 6.07 Å². The lowest BCUT2D eigenvalue weighted by molar-refractivity contribution is 0.815. The van der Waals surface area contributed by atoms with E-state index in [9.17, 15) is 4.79 Å². The highest BCUT2D eigenvalue weighted by Gasteiger charge is 2.14. The number of hydrogen-bond acceptors (Lipinski definition) is 5. The van der Waals surface area contributed by atoms with Crippen molar-refractivity contribution in [1.82, 2.24) is 14.8 Å². The number of halogens is 1. The Labute approximate surface area is 125 Å². The fourth-order valence-electron chi connectivity index (χ4n) is 1.82. The van der Waals surface area contributed by atoms with Crippen molar-refractivity contribution in [1.29, 1.82) is 0 Å². The van der Waals surface area contributed by atoms with Crippen molar-refractivity contribution >= 4 is 26.7 Å². The third-order valence-corrected chi connectivity index (χ3v) is 4.65. The van der Waals surface area contributed by atoms with E-state index in [0.717, 1.165) is 10.1 Å². The first-order valence-electron chi connectivity index (χ1n) is 5.97. The summed E-state index contributed by atoms with van der Waals surface area (Å²) in [6, 6.07) is 3.64. The molecule has 0 amide bonds. The van der Waals surface area contributed by atoms with Crippen molar-refractivity contribution < 1.29 is 0 Å². The second-order valence-corrected chi connectivity index (χ2v) is 6.05. The van der Waals surface area contributed by atoms with E-state index in [2.05, 4.69) is 13.2 Å². The van der Waals surface area contributed by atoms with Crippen molar-refractivity contribution in [2.75, 3.05) is 9.45 Å². The van der Waals surface area contributed by atoms with E-state index < -0.39 is 0 Å². The molecular weight excluding hydrogens is 371 g/mol. The van der Waals surface area contributed by atoms with Gasteiger partial charge in [0.2, 0.25) is 0 Å². The van der Waals surface area contributed by atoms with Crippen molar-refractivity contribution in [3.8, 4) is 5.82 Å². The van der Waals surface area contributed by atoms with Crippen LogP contribution < -0.4 is 16.2 Å². The van der Waals surface area contributed by atoms with E-state index in [-0.39, 0.29) is 26.6 Å². The number of hydrogen-bond donors (Lipinski definition) is 2. The van der Waals surface area contributed by atoms with Gasteiger partial charge in [0.15, 0.2) is 5.82 Å². The van der Waals surface area contributed by atoms with Crippen molar-refractivity contribution in [2.45, 2.75) is 6.54 Å². The van der Waals surface area contributed by atoms with Crippen LogP contribution in [0.15, 0.2) is 44.9 Å². The molecule has 3 N–H and O–H groups in total. The molecule has 7 nitrogen and oxygen atoms in total. The van der Waals surface area contributed by atoms with Gasteiger partial charge in [-0.25, -0.2) is 8.13 Å². The first kappa shape index (κ1) is 13.2. The minimum absolute atomic E-state index is 0.117. The molecule has 0 fully saturated rings. The van der Waals surface area contributed by atoms with Crippen LogP contribution in [0, 0.1) is 0 Å². The number of nitrogens with one attached hydrogen (secondary N) is 1. The average molecular weight is 384 g/mol. The van der Waals surface area contributed by atoms with Gasteiger partial charge in [0.25, 0.3) is 5.56 Å². The Balaban J connectivity index is 1.95. The lowest BCUT2D eigenvalue weighted by Gasteiger charge is -2.15. The number of nitrogens with zero attached hydrogens (tertiary/aromatic N) is 4. The summed E-state index contributed by atoms with van der Waals surface area (Å²) in [4.78, 5) is 18.6. The Bertz CT molecular complexity index is 714. The van der Waals surface area contributed by atoms with Crippen LogP contribution in [0.25, 0.3) is 5.82 Å². The molecule has 0 unspecified atom stereocenters. The minimum Gasteiger partial charge on any atom is -0.330 e. The number of aromatic amines is 1. The summed E-state index contributed by atoms with van der Waals surface area (Å²) in [5.41, 5.74) is 6.96. The van der Waals surface area contributed by atoms with Gasteiger partial charge in [-0.15, -0.1) is 0 Å². The molecule has 1 aliphatic heterocycles. The smallest absolute Gasteiger partial charge is 0.296 e. The van der Waals surface area contributed by atoms with Crippen LogP contribution in [0.1, 0.15) is 5.56 Å². The van der Waals surface area contributed by atoms with E-state index in [1.54, 1.807) is 24.7 Å². The molecule has 8 heteroatoms. The topological polar surface area (TPSA) is 92.3 Å². The van der Waals surface area contributed by atoms with Crippen molar-refractivity contribution in [3.05, 3.63) is 52.8 Å². The zero-order chi connectivity index (χ0) is 13.9. The van der Waals surface area contributed by atoms with Crippen LogP contribution in [0.2, 0.25) is 0 Å². The predicted octanol–water partition coefficient (Wildman–Crippen LogP) is 1.42. The fraction of sp³-hybridized carbons (Fsp3) is 0.167. The third-order valence-electron chi connectivity index (χ3n) is 2.89. The van der Waals surface area contributed by atoms with E-state index in [4.69, 9.17) is 5.73 Å². The molecule has 1 aliphatic rings. The molecule has 3 heterocycles. The normalized spacial score (nSPS) is 14.3. The van der Waals surface area contributed by atoms with Gasteiger partial charge in [0, 0.05) is 52.4 Å². The highest BCUT2D eigenvalue weighted by molar-refractivity contribution is 14.2. The molecule has 0 radical (unpaired) electrons. The second kappa shape index (κ2) is 5.67. The molecule has 0 saturated heterocycles. The highest BCUT2D eigenvalue weighted by atomic mass is 127. The van der Waals surface area contributed by atoms with Gasteiger partial charge in [-0.2, -0.15) is 4.68 Å². The summed E-state index contributed by atoms with van der Waals surface area (Å²) in [6.45, 7) is 0.434. The van der Waals surface area contributed by atoms with Gasteiger partial charge in [-0.05, 0) is 11.6 Å². The average Bonchev–Trinajstić information content (AvgIpc) is 2.90. The maximum Gasteiger partial charge on any atom is 0.296 e. The molecule has 104 valence electrons. The number of alkyl halides is 1. The van der Waals surface area contributed by atoms with Gasteiger partial charge in [0.05, 0.1) is 4.55 Å². The number of nitrogens with two attached hydrogens (primary N) is 1. The Hall–Kier alpha value is -1.81. The Morgan fingerprint density at radius 1 is 1.45 bits per heavy atom. The Morgan fingerprint density at radius 3 is 3.00 bits per heavy atom. The first-order valence-corrected chi connectivity index (χ1v) is 8.46. The molecular formula is C12H13IN6O. The standard InChI is InChI=1S/C12H13IN6O/c14-5-9-1-2-11(15-6-9)19-12(20)10(7-17-19)18-4-3-16-13-8-18/h1-4,6-7,17H,5,8,14H2. The van der Waals surface area contributed by atoms with Crippen LogP contribution in [0.4, 0.5) is 5.69 Å². The molecule has 0 atom stereocenters. The molecule has 3 rings (SSSR count). The number of H-pyrrole nitrogens is 1. The summed E-state index contributed by atoms with van der Waals surface area (Å²) in [7, 11) is 0. The third kappa shape index (κ3) is 2.43. The van der Waals surface area contributed by atoms with Crippen molar-refractivity contribution in [3.63, 3.8) is 0 Å². The zero-order valence-corrected chi connectivity index (χ0v) is 12.7. The first-order chi connectivity index (χ1) is 9.79. The molecule has 0 aliphatic carbocycles. The summed E-state index contributed by atoms with van der Waals surface area (Å²) >= 11 is -0.244. The van der Waals surface area contributed by atoms with Crippen molar-refractivity contribution in [2.24, 2.45) is 8.88 Å². The van der Waals surface area contributed by atoms with Gasteiger partial charge in [0.1, 0.15) is 5.69 Å². The molecule has 2 aromatic heterocycles. The van der Waals surface area contributed by atoms with Crippen LogP contribution >= 0.6 is 21.0 Å². The van der Waals surface area contributed by atoms with E-state index in [1.807, 2.05) is 17.2 Å². The number of aromatic nitrogens is 3. The summed E-state index contributed by atoms with van der Waals surface area (Å²) in [5.74, 6) is 0.554. The molecule has 0 aromatic carbocycles. The van der Waals surface area contributed by atoms with Crippen LogP contribution in [0.5, 0.6) is 0 Å². The maximum atomic E-state index is 12.4. The van der Waals surface area contributed by atoms with E-state index in [0.29, 0.717) is 18.1 Å². The molecule has 2 aromatic rings. The molecule has 20 heavy (non-hydrogen) atoms. The molecule has 0 saturated carbocycles. The number of rotatable bonds is 3. The quantitative estimate of drug-likeness (QED) is 0.476. The predicted molar refractivity (Wildman–Crippen MR) is 85.0 cm³/mol. The second-order valence-electron chi connectivity index (χ2n) is 4.13. The molecule has 0 bridgehead atoms. The van der Waals surface area contributed by atoms with Gasteiger partial charge in [-0.3, -0.25) is 9.89 Å². The van der Waals surface area contributed by atoms with Gasteiger partial charge < -0.3 is 10.6 Å². The lowest BCUT2D eigenvalue weighted by atomic mass is 10.3. The van der Waals surface area contributed by atoms with Crippen LogP contribution in [-0.4, -0.2) is 19.3 Å². The van der Waals surface area contributed by atoms with E-state index >= 15 is 0 Å². The summed E-state index contributed by atoms with van der Waals surface area (Å²) in [5, 5.41) is 2.94. The highest BCUT2D eigenvalue weighted by Crippen LogP contribution is 2.18. The largest absolute Gasteiger partial charge is 0.330 e. The maximum absolute atomic E-state index is 12.4. The van der Waals surface area contributed by atoms with E-state index in [1.165, 1.54) is 4.68 Å².